The molecule has 1 aliphatic rings. The first-order valence-electron chi connectivity index (χ1n) is 12.1. The molecular weight excluding hydrogens is 494 g/mol. The summed E-state index contributed by atoms with van der Waals surface area (Å²) in [6.07, 6.45) is 1.68. The van der Waals surface area contributed by atoms with Crippen molar-refractivity contribution in [3.63, 3.8) is 0 Å². The third kappa shape index (κ3) is 4.69. The van der Waals surface area contributed by atoms with Gasteiger partial charge in [-0.25, -0.2) is 4.79 Å². The minimum absolute atomic E-state index is 0.218. The minimum atomic E-state index is -0.440. The molecule has 1 fully saturated rings. The maximum Gasteiger partial charge on any atom is 0.344 e. The summed E-state index contributed by atoms with van der Waals surface area (Å²) < 4.78 is 5.59. The lowest BCUT2D eigenvalue weighted by Crippen LogP contribution is -2.27. The highest BCUT2D eigenvalue weighted by Crippen LogP contribution is 2.34. The minimum Gasteiger partial charge on any atom is -0.423 e. The third-order valence-electron chi connectivity index (χ3n) is 6.43. The van der Waals surface area contributed by atoms with Crippen LogP contribution in [0.15, 0.2) is 114 Å². The molecule has 0 bridgehead atoms. The van der Waals surface area contributed by atoms with Gasteiger partial charge < -0.3 is 4.74 Å². The van der Waals surface area contributed by atoms with Crippen LogP contribution in [0.4, 0.5) is 4.79 Å². The first-order chi connectivity index (χ1) is 18.5. The quantitative estimate of drug-likeness (QED) is 0.138. The standard InChI is InChI=1S/C32H21NO4S/c34-30-29(38-32(36)33(30)20-22-12-15-23-6-1-2-8-25(23)18-22)19-21-13-16-26(17-14-21)37-31(35)28-11-5-9-24-7-3-4-10-27(24)28/h1-19H,20H2/b29-19-. The molecule has 38 heavy (non-hydrogen) atoms. The number of rotatable bonds is 5. The van der Waals surface area contributed by atoms with Gasteiger partial charge in [0.1, 0.15) is 5.75 Å². The van der Waals surface area contributed by atoms with E-state index in [9.17, 15) is 14.4 Å². The van der Waals surface area contributed by atoms with Crippen LogP contribution in [-0.4, -0.2) is 22.0 Å². The maximum atomic E-state index is 13.0. The molecule has 0 N–H and O–H groups in total. The van der Waals surface area contributed by atoms with Crippen molar-refractivity contribution in [1.29, 1.82) is 0 Å². The Morgan fingerprint density at radius 2 is 1.47 bits per heavy atom. The van der Waals surface area contributed by atoms with Crippen molar-refractivity contribution in [1.82, 2.24) is 4.90 Å². The fourth-order valence-corrected chi connectivity index (χ4v) is 5.34. The van der Waals surface area contributed by atoms with Gasteiger partial charge in [0, 0.05) is 0 Å². The molecular formula is C32H21NO4S. The molecule has 5 aromatic carbocycles. The van der Waals surface area contributed by atoms with Gasteiger partial charge in [0.05, 0.1) is 17.0 Å². The van der Waals surface area contributed by atoms with Crippen LogP contribution in [0.25, 0.3) is 27.6 Å². The second kappa shape index (κ2) is 10.00. The number of thioether (sulfide) groups is 1. The Morgan fingerprint density at radius 3 is 2.29 bits per heavy atom. The van der Waals surface area contributed by atoms with E-state index in [1.54, 1.807) is 36.4 Å². The van der Waals surface area contributed by atoms with Crippen molar-refractivity contribution in [3.8, 4) is 5.75 Å². The van der Waals surface area contributed by atoms with E-state index >= 15 is 0 Å². The predicted octanol–water partition coefficient (Wildman–Crippen LogP) is 7.45. The molecule has 0 saturated carbocycles. The highest BCUT2D eigenvalue weighted by atomic mass is 32.2. The number of amides is 2. The predicted molar refractivity (Wildman–Crippen MR) is 151 cm³/mol. The highest BCUT2D eigenvalue weighted by Gasteiger charge is 2.35. The Morgan fingerprint density at radius 1 is 0.763 bits per heavy atom. The molecule has 184 valence electrons. The Bertz CT molecular complexity index is 1750. The molecule has 1 aliphatic heterocycles. The lowest BCUT2D eigenvalue weighted by molar-refractivity contribution is -0.123. The summed E-state index contributed by atoms with van der Waals surface area (Å²) in [6, 6.07) is 33.9. The molecule has 6 rings (SSSR count). The molecule has 0 aromatic heterocycles. The number of ether oxygens (including phenoxy) is 1. The maximum absolute atomic E-state index is 13.0. The summed E-state index contributed by atoms with van der Waals surface area (Å²) in [5.41, 5.74) is 2.11. The van der Waals surface area contributed by atoms with Gasteiger partial charge in [-0.05, 0) is 74.8 Å². The van der Waals surface area contributed by atoms with E-state index in [0.29, 0.717) is 16.2 Å². The lowest BCUT2D eigenvalue weighted by Gasteiger charge is -2.13. The monoisotopic (exact) mass is 515 g/mol. The fourth-order valence-electron chi connectivity index (χ4n) is 4.50. The molecule has 0 atom stereocenters. The van der Waals surface area contributed by atoms with Crippen LogP contribution in [-0.2, 0) is 11.3 Å². The smallest absolute Gasteiger partial charge is 0.344 e. The molecule has 5 nitrogen and oxygen atoms in total. The zero-order valence-electron chi connectivity index (χ0n) is 20.2. The molecule has 0 aliphatic carbocycles. The first-order valence-corrected chi connectivity index (χ1v) is 12.9. The Hall–Kier alpha value is -4.68. The summed E-state index contributed by atoms with van der Waals surface area (Å²) in [5.74, 6) is -0.367. The normalized spacial score (nSPS) is 14.5. The van der Waals surface area contributed by atoms with Crippen molar-refractivity contribution in [2.45, 2.75) is 6.54 Å². The van der Waals surface area contributed by atoms with E-state index in [2.05, 4.69) is 0 Å². The van der Waals surface area contributed by atoms with Crippen LogP contribution >= 0.6 is 11.8 Å². The van der Waals surface area contributed by atoms with E-state index in [0.717, 1.165) is 44.4 Å². The van der Waals surface area contributed by atoms with Crippen LogP contribution in [0.2, 0.25) is 0 Å². The van der Waals surface area contributed by atoms with Crippen molar-refractivity contribution < 1.29 is 19.1 Å². The highest BCUT2D eigenvalue weighted by molar-refractivity contribution is 8.18. The zero-order chi connectivity index (χ0) is 26.1. The zero-order valence-corrected chi connectivity index (χ0v) is 21.0. The van der Waals surface area contributed by atoms with Crippen molar-refractivity contribution in [3.05, 3.63) is 131 Å². The molecule has 2 amide bonds. The third-order valence-corrected chi connectivity index (χ3v) is 7.33. The van der Waals surface area contributed by atoms with E-state index in [1.807, 2.05) is 78.9 Å². The van der Waals surface area contributed by atoms with Crippen molar-refractivity contribution in [2.24, 2.45) is 0 Å². The average molecular weight is 516 g/mol. The summed E-state index contributed by atoms with van der Waals surface area (Å²) in [4.78, 5) is 40.1. The summed E-state index contributed by atoms with van der Waals surface area (Å²) in [6.45, 7) is 0.218. The fraction of sp³-hybridized carbons (Fsp3) is 0.0312. The van der Waals surface area contributed by atoms with Crippen molar-refractivity contribution in [2.75, 3.05) is 0 Å². The molecule has 6 heteroatoms. The Kier molecular flexibility index (Phi) is 6.23. The number of fused-ring (bicyclic) bond motifs is 2. The number of carbonyl (C=O) groups excluding carboxylic acids is 3. The molecule has 1 heterocycles. The molecule has 0 radical (unpaired) electrons. The number of nitrogens with zero attached hydrogens (tertiary/aromatic N) is 1. The number of hydrogen-bond donors (Lipinski definition) is 0. The van der Waals surface area contributed by atoms with Gasteiger partial charge in [-0.15, -0.1) is 0 Å². The molecule has 1 saturated heterocycles. The molecule has 5 aromatic rings. The summed E-state index contributed by atoms with van der Waals surface area (Å²) in [7, 11) is 0. The topological polar surface area (TPSA) is 63.7 Å². The second-order valence-electron chi connectivity index (χ2n) is 8.93. The Labute approximate surface area is 223 Å². The largest absolute Gasteiger partial charge is 0.423 e. The van der Waals surface area contributed by atoms with Crippen LogP contribution in [0.1, 0.15) is 21.5 Å². The van der Waals surface area contributed by atoms with Gasteiger partial charge >= 0.3 is 5.97 Å². The van der Waals surface area contributed by atoms with Crippen LogP contribution in [0.5, 0.6) is 5.75 Å². The first kappa shape index (κ1) is 23.7. The van der Waals surface area contributed by atoms with Crippen molar-refractivity contribution >= 4 is 56.5 Å². The number of esters is 1. The van der Waals surface area contributed by atoms with Crippen LogP contribution in [0.3, 0.4) is 0 Å². The van der Waals surface area contributed by atoms with Crippen LogP contribution < -0.4 is 4.74 Å². The second-order valence-corrected chi connectivity index (χ2v) is 9.93. The van der Waals surface area contributed by atoms with Gasteiger partial charge in [0.25, 0.3) is 11.1 Å². The average Bonchev–Trinajstić information content (AvgIpc) is 3.21. The number of imide groups is 1. The number of carbonyl (C=O) groups is 3. The Balaban J connectivity index is 1.15. The van der Waals surface area contributed by atoms with Gasteiger partial charge in [0.15, 0.2) is 0 Å². The van der Waals surface area contributed by atoms with Gasteiger partial charge in [-0.3, -0.25) is 14.5 Å². The summed E-state index contributed by atoms with van der Waals surface area (Å²) in [5, 5.41) is 3.67. The van der Waals surface area contributed by atoms with Crippen LogP contribution in [0, 0.1) is 0 Å². The van der Waals surface area contributed by atoms with Gasteiger partial charge in [-0.1, -0.05) is 84.9 Å². The van der Waals surface area contributed by atoms with E-state index in [-0.39, 0.29) is 17.7 Å². The van der Waals surface area contributed by atoms with E-state index < -0.39 is 5.97 Å². The van der Waals surface area contributed by atoms with Gasteiger partial charge in [-0.2, -0.15) is 0 Å². The van der Waals surface area contributed by atoms with E-state index in [1.165, 1.54) is 4.90 Å². The number of hydrogen-bond acceptors (Lipinski definition) is 5. The summed E-state index contributed by atoms with van der Waals surface area (Å²) >= 11 is 0.926. The molecule has 0 spiro atoms. The lowest BCUT2D eigenvalue weighted by atomic mass is 10.0. The van der Waals surface area contributed by atoms with E-state index in [4.69, 9.17) is 4.74 Å². The number of benzene rings is 5. The van der Waals surface area contributed by atoms with Gasteiger partial charge in [0.2, 0.25) is 0 Å². The SMILES string of the molecule is O=C(Oc1ccc(/C=C2\SC(=O)N(Cc3ccc4ccccc4c3)C2=O)cc1)c1cccc2ccccc12. The molecule has 0 unspecified atom stereocenters.